The van der Waals surface area contributed by atoms with Gasteiger partial charge < -0.3 is 5.32 Å². The number of nitrogens with one attached hydrogen (secondary N) is 1. The van der Waals surface area contributed by atoms with Gasteiger partial charge >= 0.3 is 0 Å². The van der Waals surface area contributed by atoms with Gasteiger partial charge in [-0.2, -0.15) is 0 Å². The molecule has 0 saturated carbocycles. The summed E-state index contributed by atoms with van der Waals surface area (Å²) >= 11 is 0. The fourth-order valence-electron chi connectivity index (χ4n) is 1.39. The number of rotatable bonds is 2. The molecule has 0 aliphatic rings. The van der Waals surface area contributed by atoms with E-state index in [1.54, 1.807) is 6.20 Å². The summed E-state index contributed by atoms with van der Waals surface area (Å²) in [5.41, 5.74) is 1.69. The minimum Gasteiger partial charge on any atom is -0.326 e. The van der Waals surface area contributed by atoms with Crippen LogP contribution in [0.1, 0.15) is 13.3 Å². The molecule has 2 aromatic rings. The molecule has 15 heavy (non-hydrogen) atoms. The number of fused-ring (bicyclic) bond motifs is 1. The summed E-state index contributed by atoms with van der Waals surface area (Å²) < 4.78 is 0. The van der Waals surface area contributed by atoms with Crippen molar-refractivity contribution in [2.75, 3.05) is 5.32 Å². The van der Waals surface area contributed by atoms with Crippen LogP contribution in [0, 0.1) is 0 Å². The number of pyridine rings is 1. The molecule has 0 aliphatic carbocycles. The van der Waals surface area contributed by atoms with E-state index in [-0.39, 0.29) is 5.91 Å². The Labute approximate surface area is 88.1 Å². The summed E-state index contributed by atoms with van der Waals surface area (Å²) in [5, 5.41) is 3.88. The average Bonchev–Trinajstić information content (AvgIpc) is 2.29. The molecule has 3 nitrogen and oxygen atoms in total. The third kappa shape index (κ3) is 2.13. The molecule has 0 saturated heterocycles. The maximum absolute atomic E-state index is 11.2. The number of nitrogens with zero attached hydrogens (tertiary/aromatic N) is 1. The Morgan fingerprint density at radius 2 is 2.27 bits per heavy atom. The van der Waals surface area contributed by atoms with Crippen molar-refractivity contribution in [2.45, 2.75) is 13.3 Å². The van der Waals surface area contributed by atoms with Crippen molar-refractivity contribution in [2.24, 2.45) is 0 Å². The van der Waals surface area contributed by atoms with Crippen molar-refractivity contribution < 1.29 is 4.79 Å². The van der Waals surface area contributed by atoms with E-state index in [2.05, 4.69) is 10.3 Å². The van der Waals surface area contributed by atoms with Crippen LogP contribution in [0.5, 0.6) is 0 Å². The number of hydrogen-bond acceptors (Lipinski definition) is 2. The highest BCUT2D eigenvalue weighted by Gasteiger charge is 2.00. The topological polar surface area (TPSA) is 42.0 Å². The van der Waals surface area contributed by atoms with Gasteiger partial charge in [0.05, 0.1) is 5.52 Å². The van der Waals surface area contributed by atoms with Gasteiger partial charge in [-0.3, -0.25) is 9.78 Å². The van der Waals surface area contributed by atoms with Crippen molar-refractivity contribution in [3.8, 4) is 0 Å². The maximum Gasteiger partial charge on any atom is 0.224 e. The molecule has 0 bridgehead atoms. The summed E-state index contributed by atoms with van der Waals surface area (Å²) in [6, 6.07) is 9.61. The van der Waals surface area contributed by atoms with Gasteiger partial charge in [0, 0.05) is 23.7 Å². The summed E-state index contributed by atoms with van der Waals surface area (Å²) in [4.78, 5) is 15.4. The Hall–Kier alpha value is -1.90. The number of hydrogen-bond donors (Lipinski definition) is 1. The van der Waals surface area contributed by atoms with E-state index in [1.807, 2.05) is 37.3 Å². The molecule has 2 rings (SSSR count). The monoisotopic (exact) mass is 200 g/mol. The van der Waals surface area contributed by atoms with E-state index < -0.39 is 0 Å². The number of aromatic nitrogens is 1. The lowest BCUT2D eigenvalue weighted by Gasteiger charge is -2.04. The second-order valence-electron chi connectivity index (χ2n) is 3.31. The summed E-state index contributed by atoms with van der Waals surface area (Å²) in [6.07, 6.45) is 2.23. The lowest BCUT2D eigenvalue weighted by Crippen LogP contribution is -2.09. The van der Waals surface area contributed by atoms with Gasteiger partial charge in [-0.25, -0.2) is 0 Å². The molecule has 0 spiro atoms. The van der Waals surface area contributed by atoms with Gasteiger partial charge in [-0.1, -0.05) is 19.1 Å². The van der Waals surface area contributed by atoms with Crippen molar-refractivity contribution in [1.82, 2.24) is 4.98 Å². The second kappa shape index (κ2) is 4.09. The molecule has 1 N–H and O–H groups in total. The molecule has 0 unspecified atom stereocenters. The number of benzene rings is 1. The Morgan fingerprint density at radius 1 is 1.40 bits per heavy atom. The molecule has 76 valence electrons. The molecular weight excluding hydrogens is 188 g/mol. The molecule has 1 aromatic carbocycles. The quantitative estimate of drug-likeness (QED) is 0.809. The van der Waals surface area contributed by atoms with Crippen LogP contribution in [0.3, 0.4) is 0 Å². The first-order valence-corrected chi connectivity index (χ1v) is 4.94. The van der Waals surface area contributed by atoms with Gasteiger partial charge in [0.1, 0.15) is 0 Å². The standard InChI is InChI=1S/C12H12N2O/c1-2-12(15)14-10-6-5-9-4-3-7-13-11(9)8-10/h3-8H,2H2,1H3,(H,14,15). The lowest BCUT2D eigenvalue weighted by atomic mass is 10.2. The van der Waals surface area contributed by atoms with Gasteiger partial charge in [-0.15, -0.1) is 0 Å². The fraction of sp³-hybridized carbons (Fsp3) is 0.167. The van der Waals surface area contributed by atoms with E-state index in [4.69, 9.17) is 0 Å². The minimum absolute atomic E-state index is 0.0188. The molecule has 1 heterocycles. The SMILES string of the molecule is CCC(=O)Nc1ccc2cccnc2c1. The average molecular weight is 200 g/mol. The fourth-order valence-corrected chi connectivity index (χ4v) is 1.39. The second-order valence-corrected chi connectivity index (χ2v) is 3.31. The first kappa shape index (κ1) is 9.65. The minimum atomic E-state index is 0.0188. The van der Waals surface area contributed by atoms with Crippen LogP contribution in [0.25, 0.3) is 10.9 Å². The Bertz CT molecular complexity index is 494. The van der Waals surface area contributed by atoms with E-state index >= 15 is 0 Å². The highest BCUT2D eigenvalue weighted by Crippen LogP contribution is 2.16. The predicted molar refractivity (Wildman–Crippen MR) is 60.7 cm³/mol. The maximum atomic E-state index is 11.2. The van der Waals surface area contributed by atoms with Crippen LogP contribution in [0.15, 0.2) is 36.5 Å². The van der Waals surface area contributed by atoms with Gasteiger partial charge in [0.2, 0.25) is 5.91 Å². The molecular formula is C12H12N2O. The Morgan fingerprint density at radius 3 is 3.07 bits per heavy atom. The molecule has 1 aromatic heterocycles. The van der Waals surface area contributed by atoms with Crippen LogP contribution >= 0.6 is 0 Å². The highest BCUT2D eigenvalue weighted by atomic mass is 16.1. The van der Waals surface area contributed by atoms with E-state index in [0.29, 0.717) is 6.42 Å². The third-order valence-electron chi connectivity index (χ3n) is 2.21. The van der Waals surface area contributed by atoms with E-state index in [0.717, 1.165) is 16.6 Å². The van der Waals surface area contributed by atoms with Crippen molar-refractivity contribution in [3.63, 3.8) is 0 Å². The van der Waals surface area contributed by atoms with Crippen molar-refractivity contribution in [1.29, 1.82) is 0 Å². The number of carbonyl (C=O) groups is 1. The van der Waals surface area contributed by atoms with Crippen LogP contribution < -0.4 is 5.32 Å². The van der Waals surface area contributed by atoms with Gasteiger partial charge in [0.25, 0.3) is 0 Å². The first-order valence-electron chi connectivity index (χ1n) is 4.94. The number of carbonyl (C=O) groups excluding carboxylic acids is 1. The van der Waals surface area contributed by atoms with Gasteiger partial charge in [0.15, 0.2) is 0 Å². The van der Waals surface area contributed by atoms with Crippen molar-refractivity contribution in [3.05, 3.63) is 36.5 Å². The van der Waals surface area contributed by atoms with Crippen molar-refractivity contribution >= 4 is 22.5 Å². The molecule has 0 aliphatic heterocycles. The van der Waals surface area contributed by atoms with E-state index in [1.165, 1.54) is 0 Å². The Balaban J connectivity index is 2.34. The van der Waals surface area contributed by atoms with Crippen LogP contribution in [0.4, 0.5) is 5.69 Å². The molecule has 1 amide bonds. The summed E-state index contributed by atoms with van der Waals surface area (Å²) in [5.74, 6) is 0.0188. The molecule has 0 radical (unpaired) electrons. The van der Waals surface area contributed by atoms with Gasteiger partial charge in [-0.05, 0) is 18.2 Å². The van der Waals surface area contributed by atoms with E-state index in [9.17, 15) is 4.79 Å². The normalized spacial score (nSPS) is 10.2. The molecule has 0 fully saturated rings. The number of amides is 1. The van der Waals surface area contributed by atoms with Crippen LogP contribution in [-0.4, -0.2) is 10.9 Å². The summed E-state index contributed by atoms with van der Waals surface area (Å²) in [6.45, 7) is 1.83. The third-order valence-corrected chi connectivity index (χ3v) is 2.21. The zero-order chi connectivity index (χ0) is 10.7. The lowest BCUT2D eigenvalue weighted by molar-refractivity contribution is -0.115. The molecule has 3 heteroatoms. The smallest absolute Gasteiger partial charge is 0.224 e. The van der Waals surface area contributed by atoms with Crippen LogP contribution in [-0.2, 0) is 4.79 Å². The van der Waals surface area contributed by atoms with Crippen LogP contribution in [0.2, 0.25) is 0 Å². The zero-order valence-electron chi connectivity index (χ0n) is 8.53. The predicted octanol–water partition coefficient (Wildman–Crippen LogP) is 2.58. The number of anilines is 1. The first-order chi connectivity index (χ1) is 7.29. The zero-order valence-corrected chi connectivity index (χ0v) is 8.53. The molecule has 0 atom stereocenters. The highest BCUT2D eigenvalue weighted by molar-refractivity contribution is 5.93. The summed E-state index contributed by atoms with van der Waals surface area (Å²) in [7, 11) is 0. The Kier molecular flexibility index (Phi) is 2.63. The largest absolute Gasteiger partial charge is 0.326 e.